The number of hydrogen-bond donors (Lipinski definition) is 2. The van der Waals surface area contributed by atoms with Gasteiger partial charge in [-0.1, -0.05) is 23.7 Å². The number of aryl methyl sites for hydroxylation is 1. The van der Waals surface area contributed by atoms with Gasteiger partial charge in [-0.15, -0.1) is 0 Å². The van der Waals surface area contributed by atoms with Crippen LogP contribution in [0, 0.1) is 0 Å². The third kappa shape index (κ3) is 6.95. The Kier molecular flexibility index (Phi) is 8.12. The summed E-state index contributed by atoms with van der Waals surface area (Å²) in [6.07, 6.45) is -2.54. The van der Waals surface area contributed by atoms with Gasteiger partial charge in [0.15, 0.2) is 0 Å². The number of carbonyl (C=O) groups is 1. The van der Waals surface area contributed by atoms with E-state index in [4.69, 9.17) is 22.1 Å². The molecule has 0 saturated carbocycles. The fraction of sp³-hybridized carbons (Fsp3) is 0.208. The zero-order chi connectivity index (χ0) is 24.7. The van der Waals surface area contributed by atoms with Gasteiger partial charge >= 0.3 is 6.18 Å². The molecular formula is C24H22ClF3N4O2. The number of nitrogens with zero attached hydrogens (tertiary/aromatic N) is 2. The van der Waals surface area contributed by atoms with Crippen molar-refractivity contribution in [3.63, 3.8) is 0 Å². The molecule has 6 nitrogen and oxygen atoms in total. The van der Waals surface area contributed by atoms with E-state index in [-0.39, 0.29) is 12.1 Å². The average Bonchev–Trinajstić information content (AvgIpc) is 2.79. The van der Waals surface area contributed by atoms with Crippen LogP contribution >= 0.6 is 11.6 Å². The number of hydrogen-bond acceptors (Lipinski definition) is 4. The normalized spacial score (nSPS) is 11.9. The van der Waals surface area contributed by atoms with Crippen LogP contribution in [0.2, 0.25) is 5.02 Å². The van der Waals surface area contributed by atoms with Crippen molar-refractivity contribution in [3.05, 3.63) is 82.6 Å². The van der Waals surface area contributed by atoms with Crippen molar-refractivity contribution >= 4 is 29.0 Å². The van der Waals surface area contributed by atoms with Crippen molar-refractivity contribution in [2.24, 2.45) is 10.7 Å². The molecule has 34 heavy (non-hydrogen) atoms. The summed E-state index contributed by atoms with van der Waals surface area (Å²) in [4.78, 5) is 20.5. The molecule has 178 valence electrons. The number of nitrogens with two attached hydrogens (primary N) is 1. The molecule has 0 saturated heterocycles. The lowest BCUT2D eigenvalue weighted by atomic mass is 10.1. The van der Waals surface area contributed by atoms with E-state index in [0.29, 0.717) is 36.0 Å². The van der Waals surface area contributed by atoms with Crippen LogP contribution in [0.4, 0.5) is 18.9 Å². The van der Waals surface area contributed by atoms with E-state index in [1.54, 1.807) is 30.5 Å². The summed E-state index contributed by atoms with van der Waals surface area (Å²) in [6.45, 7) is 2.42. The van der Waals surface area contributed by atoms with E-state index in [2.05, 4.69) is 15.3 Å². The van der Waals surface area contributed by atoms with Gasteiger partial charge in [0.05, 0.1) is 10.6 Å². The summed E-state index contributed by atoms with van der Waals surface area (Å²) < 4.78 is 44.7. The second kappa shape index (κ2) is 11.0. The predicted molar refractivity (Wildman–Crippen MR) is 125 cm³/mol. The predicted octanol–water partition coefficient (Wildman–Crippen LogP) is 5.84. The van der Waals surface area contributed by atoms with Gasteiger partial charge in [0.1, 0.15) is 23.0 Å². The molecule has 3 rings (SSSR count). The Morgan fingerprint density at radius 1 is 1.12 bits per heavy atom. The van der Waals surface area contributed by atoms with Gasteiger partial charge in [-0.25, -0.2) is 0 Å². The number of amides is 1. The number of benzene rings is 2. The van der Waals surface area contributed by atoms with Crippen LogP contribution in [-0.4, -0.2) is 23.3 Å². The number of aromatic nitrogens is 1. The van der Waals surface area contributed by atoms with Crippen LogP contribution in [0.3, 0.4) is 0 Å². The molecule has 0 bridgehead atoms. The quantitative estimate of drug-likeness (QED) is 0.306. The Morgan fingerprint density at radius 2 is 1.85 bits per heavy atom. The number of amidine groups is 1. The Bertz CT molecular complexity index is 1180. The third-order valence-electron chi connectivity index (χ3n) is 4.68. The molecule has 10 heteroatoms. The number of pyridine rings is 1. The molecule has 0 aliphatic heterocycles. The molecule has 0 spiro atoms. The fourth-order valence-corrected chi connectivity index (χ4v) is 3.25. The van der Waals surface area contributed by atoms with Gasteiger partial charge in [-0.2, -0.15) is 13.2 Å². The second-order valence-electron chi connectivity index (χ2n) is 7.22. The molecule has 0 unspecified atom stereocenters. The number of rotatable bonds is 8. The Labute approximate surface area is 199 Å². The summed E-state index contributed by atoms with van der Waals surface area (Å²) in [6, 6.07) is 13.8. The average molecular weight is 491 g/mol. The maximum Gasteiger partial charge on any atom is 0.417 e. The highest BCUT2D eigenvalue weighted by Gasteiger charge is 2.33. The Morgan fingerprint density at radius 3 is 2.53 bits per heavy atom. The molecule has 0 radical (unpaired) electrons. The topological polar surface area (TPSA) is 89.6 Å². The van der Waals surface area contributed by atoms with Crippen LogP contribution in [0.15, 0.2) is 65.8 Å². The highest BCUT2D eigenvalue weighted by Crippen LogP contribution is 2.36. The number of alkyl halides is 3. The van der Waals surface area contributed by atoms with Crippen molar-refractivity contribution in [1.82, 2.24) is 4.98 Å². The molecule has 3 N–H and O–H groups in total. The number of anilines is 1. The van der Waals surface area contributed by atoms with Gasteiger partial charge in [0.25, 0.3) is 0 Å². The smallest absolute Gasteiger partial charge is 0.417 e. The van der Waals surface area contributed by atoms with Crippen LogP contribution in [0.5, 0.6) is 11.5 Å². The van der Waals surface area contributed by atoms with Crippen molar-refractivity contribution in [2.45, 2.75) is 25.9 Å². The number of ether oxygens (including phenoxy) is 1. The van der Waals surface area contributed by atoms with Crippen LogP contribution in [-0.2, 0) is 17.4 Å². The summed E-state index contributed by atoms with van der Waals surface area (Å²) in [5.41, 5.74) is 6.29. The van der Waals surface area contributed by atoms with Crippen LogP contribution in [0.1, 0.15) is 30.2 Å². The minimum Gasteiger partial charge on any atom is -0.457 e. The van der Waals surface area contributed by atoms with Crippen molar-refractivity contribution in [1.29, 1.82) is 0 Å². The SMILES string of the molecule is CCN=C(N)c1cc(Oc2ccc(CCC(=O)Nc3ccc(Cl)c(C(F)(F)F)c3)cc2)ccn1. The highest BCUT2D eigenvalue weighted by atomic mass is 35.5. The maximum absolute atomic E-state index is 13.0. The van der Waals surface area contributed by atoms with Crippen molar-refractivity contribution in [2.75, 3.05) is 11.9 Å². The van der Waals surface area contributed by atoms with E-state index < -0.39 is 22.7 Å². The van der Waals surface area contributed by atoms with Gasteiger partial charge in [0.2, 0.25) is 5.91 Å². The summed E-state index contributed by atoms with van der Waals surface area (Å²) >= 11 is 5.60. The van der Waals surface area contributed by atoms with Gasteiger partial charge in [-0.05, 0) is 55.3 Å². The first-order valence-electron chi connectivity index (χ1n) is 10.4. The molecule has 0 aliphatic carbocycles. The Balaban J connectivity index is 1.56. The monoisotopic (exact) mass is 490 g/mol. The molecule has 1 aromatic heterocycles. The first-order chi connectivity index (χ1) is 16.2. The molecule has 1 heterocycles. The van der Waals surface area contributed by atoms with Crippen LogP contribution in [0.25, 0.3) is 0 Å². The lowest BCUT2D eigenvalue weighted by Gasteiger charge is -2.12. The number of nitrogens with one attached hydrogen (secondary N) is 1. The number of carbonyl (C=O) groups excluding carboxylic acids is 1. The van der Waals surface area contributed by atoms with Gasteiger partial charge < -0.3 is 15.8 Å². The second-order valence-corrected chi connectivity index (χ2v) is 7.63. The number of halogens is 4. The highest BCUT2D eigenvalue weighted by molar-refractivity contribution is 6.31. The maximum atomic E-state index is 13.0. The van der Waals surface area contributed by atoms with Crippen molar-refractivity contribution in [3.8, 4) is 11.5 Å². The lowest BCUT2D eigenvalue weighted by Crippen LogP contribution is -2.15. The Hall–Kier alpha value is -3.59. The van der Waals surface area contributed by atoms with Gasteiger partial charge in [-0.3, -0.25) is 14.8 Å². The molecule has 2 aromatic carbocycles. The first-order valence-corrected chi connectivity index (χ1v) is 10.7. The number of aliphatic imine (C=N–C) groups is 1. The fourth-order valence-electron chi connectivity index (χ4n) is 3.03. The summed E-state index contributed by atoms with van der Waals surface area (Å²) in [7, 11) is 0. The van der Waals surface area contributed by atoms with Crippen molar-refractivity contribution < 1.29 is 22.7 Å². The molecule has 0 aliphatic rings. The van der Waals surface area contributed by atoms with Crippen LogP contribution < -0.4 is 15.8 Å². The molecule has 1 amide bonds. The summed E-state index contributed by atoms with van der Waals surface area (Å²) in [5, 5.41) is 2.05. The molecule has 0 atom stereocenters. The zero-order valence-electron chi connectivity index (χ0n) is 18.2. The standard InChI is InChI=1S/C24H22ClF3N4O2/c1-2-30-23(29)21-14-18(11-12-31-21)34-17-7-3-15(4-8-17)5-10-22(33)32-16-6-9-20(25)19(13-16)24(26,27)28/h3-4,6-9,11-14H,2,5,10H2,1H3,(H2,29,30)(H,32,33). The van der Waals surface area contributed by atoms with E-state index in [1.165, 1.54) is 6.07 Å². The molecule has 0 fully saturated rings. The van der Waals surface area contributed by atoms with E-state index in [1.807, 2.05) is 19.1 Å². The molecular weight excluding hydrogens is 469 g/mol. The van der Waals surface area contributed by atoms with E-state index in [0.717, 1.165) is 17.7 Å². The first kappa shape index (κ1) is 25.0. The third-order valence-corrected chi connectivity index (χ3v) is 5.01. The minimum atomic E-state index is -4.60. The largest absolute Gasteiger partial charge is 0.457 e. The lowest BCUT2D eigenvalue weighted by molar-refractivity contribution is -0.137. The summed E-state index contributed by atoms with van der Waals surface area (Å²) in [5.74, 6) is 1.05. The van der Waals surface area contributed by atoms with E-state index in [9.17, 15) is 18.0 Å². The molecule has 3 aromatic rings. The van der Waals surface area contributed by atoms with Gasteiger partial charge in [0, 0.05) is 30.9 Å². The zero-order valence-corrected chi connectivity index (χ0v) is 19.0. The van der Waals surface area contributed by atoms with E-state index >= 15 is 0 Å². The minimum absolute atomic E-state index is 0.0341.